The number of aliphatic imine (C=N–C) groups is 1. The predicted molar refractivity (Wildman–Crippen MR) is 92.1 cm³/mol. The summed E-state index contributed by atoms with van der Waals surface area (Å²) in [6.07, 6.45) is 1.69. The number of rotatable bonds is 4. The van der Waals surface area contributed by atoms with Crippen molar-refractivity contribution >= 4 is 33.9 Å². The fraction of sp³-hybridized carbons (Fsp3) is 0.111. The molecule has 0 aromatic heterocycles. The molecule has 0 saturated carbocycles. The number of nitrogens with zero attached hydrogens (tertiary/aromatic N) is 1. The summed E-state index contributed by atoms with van der Waals surface area (Å²) in [6, 6.07) is 15.5. The monoisotopic (exact) mass is 371 g/mol. The maximum Gasteiger partial charge on any atom is 0.363 e. The number of carbonyl (C=O) groups is 1. The van der Waals surface area contributed by atoms with E-state index in [1.54, 1.807) is 13.0 Å². The molecule has 0 bridgehead atoms. The number of ether oxygens (including phenoxy) is 2. The molecule has 1 aliphatic heterocycles. The van der Waals surface area contributed by atoms with Crippen LogP contribution in [0.1, 0.15) is 18.1 Å². The van der Waals surface area contributed by atoms with Gasteiger partial charge in [-0.1, -0.05) is 40.2 Å². The molecule has 0 aliphatic carbocycles. The molecule has 0 saturated heterocycles. The highest BCUT2D eigenvalue weighted by atomic mass is 79.9. The van der Waals surface area contributed by atoms with Crippen LogP contribution in [0, 0.1) is 0 Å². The molecule has 1 heterocycles. The minimum absolute atomic E-state index is 0.311. The van der Waals surface area contributed by atoms with Gasteiger partial charge < -0.3 is 9.47 Å². The Labute approximate surface area is 142 Å². The Morgan fingerprint density at radius 3 is 2.43 bits per heavy atom. The van der Waals surface area contributed by atoms with Gasteiger partial charge in [-0.05, 0) is 41.5 Å². The zero-order valence-corrected chi connectivity index (χ0v) is 14.0. The maximum absolute atomic E-state index is 11.5. The van der Waals surface area contributed by atoms with Crippen LogP contribution in [0.2, 0.25) is 0 Å². The number of cyclic esters (lactones) is 1. The molecule has 3 rings (SSSR count). The van der Waals surface area contributed by atoms with Crippen LogP contribution in [0.3, 0.4) is 0 Å². The Kier molecular flexibility index (Phi) is 4.57. The smallest absolute Gasteiger partial charge is 0.363 e. The van der Waals surface area contributed by atoms with Gasteiger partial charge in [-0.2, -0.15) is 0 Å². The molecule has 4 nitrogen and oxygen atoms in total. The van der Waals surface area contributed by atoms with Crippen molar-refractivity contribution in [3.63, 3.8) is 0 Å². The van der Waals surface area contributed by atoms with Gasteiger partial charge in [0.25, 0.3) is 0 Å². The number of esters is 1. The summed E-state index contributed by atoms with van der Waals surface area (Å²) in [6.45, 7) is 2.15. The van der Waals surface area contributed by atoms with Crippen LogP contribution in [0.25, 0.3) is 6.08 Å². The lowest BCUT2D eigenvalue weighted by Gasteiger charge is -2.06. The quantitative estimate of drug-likeness (QED) is 0.593. The zero-order valence-electron chi connectivity index (χ0n) is 12.5. The third-order valence-electron chi connectivity index (χ3n) is 3.23. The molecule has 0 fully saturated rings. The molecule has 5 heteroatoms. The second-order valence-electron chi connectivity index (χ2n) is 5.03. The van der Waals surface area contributed by atoms with Gasteiger partial charge in [-0.3, -0.25) is 0 Å². The van der Waals surface area contributed by atoms with E-state index in [4.69, 9.17) is 9.47 Å². The summed E-state index contributed by atoms with van der Waals surface area (Å²) in [4.78, 5) is 15.5. The van der Waals surface area contributed by atoms with Gasteiger partial charge in [0.2, 0.25) is 0 Å². The number of carbonyl (C=O) groups excluding carboxylic acids is 1. The average Bonchev–Trinajstić information content (AvgIpc) is 2.86. The van der Waals surface area contributed by atoms with E-state index >= 15 is 0 Å². The Morgan fingerprint density at radius 1 is 1.13 bits per heavy atom. The third kappa shape index (κ3) is 4.07. The summed E-state index contributed by atoms with van der Waals surface area (Å²) < 4.78 is 11.7. The molecular formula is C18H14BrNO3. The first-order chi connectivity index (χ1) is 11.1. The Bertz CT molecular complexity index is 777. The van der Waals surface area contributed by atoms with Crippen LogP contribution >= 0.6 is 15.9 Å². The minimum atomic E-state index is -0.418. The van der Waals surface area contributed by atoms with Gasteiger partial charge in [0.05, 0.1) is 0 Å². The Hall–Kier alpha value is -2.40. The third-order valence-corrected chi connectivity index (χ3v) is 3.76. The summed E-state index contributed by atoms with van der Waals surface area (Å²) in [5.41, 5.74) is 2.27. The topological polar surface area (TPSA) is 47.9 Å². The minimum Gasteiger partial charge on any atom is -0.489 e. The van der Waals surface area contributed by atoms with Crippen molar-refractivity contribution in [2.45, 2.75) is 13.5 Å². The molecule has 0 unspecified atom stereocenters. The molecule has 0 spiro atoms. The first kappa shape index (κ1) is 15.5. The average molecular weight is 372 g/mol. The van der Waals surface area contributed by atoms with Crippen molar-refractivity contribution in [3.05, 3.63) is 69.8 Å². The van der Waals surface area contributed by atoms with E-state index in [-0.39, 0.29) is 0 Å². The van der Waals surface area contributed by atoms with E-state index in [0.717, 1.165) is 21.3 Å². The van der Waals surface area contributed by atoms with Crippen LogP contribution in [0.5, 0.6) is 5.75 Å². The number of halogens is 1. The van der Waals surface area contributed by atoms with Crippen molar-refractivity contribution in [1.82, 2.24) is 0 Å². The highest BCUT2D eigenvalue weighted by Gasteiger charge is 2.19. The second kappa shape index (κ2) is 6.79. The van der Waals surface area contributed by atoms with Crippen molar-refractivity contribution in [2.75, 3.05) is 0 Å². The van der Waals surface area contributed by atoms with Crippen LogP contribution < -0.4 is 4.74 Å². The molecule has 0 radical (unpaired) electrons. The van der Waals surface area contributed by atoms with Crippen LogP contribution in [0.15, 0.2) is 63.7 Å². The molecule has 23 heavy (non-hydrogen) atoms. The van der Waals surface area contributed by atoms with E-state index in [2.05, 4.69) is 20.9 Å². The summed E-state index contributed by atoms with van der Waals surface area (Å²) in [7, 11) is 0. The fourth-order valence-electron chi connectivity index (χ4n) is 2.08. The number of hydrogen-bond acceptors (Lipinski definition) is 4. The number of benzene rings is 2. The summed E-state index contributed by atoms with van der Waals surface area (Å²) in [5, 5.41) is 0. The van der Waals surface area contributed by atoms with Gasteiger partial charge >= 0.3 is 5.97 Å². The SMILES string of the molecule is CC1=NC(=Cc2ccc(OCc3ccc(Br)cc3)cc2)C(=O)O1. The van der Waals surface area contributed by atoms with Crippen LogP contribution in [0.4, 0.5) is 0 Å². The van der Waals surface area contributed by atoms with Crippen LogP contribution in [-0.2, 0) is 16.1 Å². The second-order valence-corrected chi connectivity index (χ2v) is 5.95. The lowest BCUT2D eigenvalue weighted by Crippen LogP contribution is -1.99. The molecule has 116 valence electrons. The maximum atomic E-state index is 11.5. The Morgan fingerprint density at radius 2 is 1.83 bits per heavy atom. The molecule has 0 N–H and O–H groups in total. The largest absolute Gasteiger partial charge is 0.489 e. The lowest BCUT2D eigenvalue weighted by molar-refractivity contribution is -0.130. The van der Waals surface area contributed by atoms with E-state index < -0.39 is 5.97 Å². The normalized spacial score (nSPS) is 15.5. The van der Waals surface area contributed by atoms with E-state index in [9.17, 15) is 4.79 Å². The van der Waals surface area contributed by atoms with Crippen molar-refractivity contribution < 1.29 is 14.3 Å². The molecule has 2 aromatic rings. The molecule has 1 aliphatic rings. The van der Waals surface area contributed by atoms with Gasteiger partial charge in [-0.15, -0.1) is 0 Å². The van der Waals surface area contributed by atoms with E-state index in [1.165, 1.54) is 0 Å². The predicted octanol–water partition coefficient (Wildman–Crippen LogP) is 4.34. The van der Waals surface area contributed by atoms with Gasteiger partial charge in [0.1, 0.15) is 12.4 Å². The lowest BCUT2D eigenvalue weighted by atomic mass is 10.2. The molecule has 2 aromatic carbocycles. The molecular weight excluding hydrogens is 358 g/mol. The van der Waals surface area contributed by atoms with Crippen molar-refractivity contribution in [3.8, 4) is 5.75 Å². The summed E-state index contributed by atoms with van der Waals surface area (Å²) in [5.74, 6) is 0.720. The number of hydrogen-bond donors (Lipinski definition) is 0. The molecule has 0 amide bonds. The Balaban J connectivity index is 1.64. The van der Waals surface area contributed by atoms with E-state index in [0.29, 0.717) is 18.2 Å². The highest BCUT2D eigenvalue weighted by Crippen LogP contribution is 2.19. The van der Waals surface area contributed by atoms with E-state index in [1.807, 2.05) is 48.5 Å². The van der Waals surface area contributed by atoms with Gasteiger partial charge in [0, 0.05) is 11.4 Å². The zero-order chi connectivity index (χ0) is 16.2. The fourth-order valence-corrected chi connectivity index (χ4v) is 2.35. The van der Waals surface area contributed by atoms with Crippen molar-refractivity contribution in [1.29, 1.82) is 0 Å². The summed E-state index contributed by atoms with van der Waals surface area (Å²) >= 11 is 3.40. The standard InChI is InChI=1S/C18H14BrNO3/c1-12-20-17(18(21)23-12)10-13-4-8-16(9-5-13)22-11-14-2-6-15(19)7-3-14/h2-10H,11H2,1H3. The highest BCUT2D eigenvalue weighted by molar-refractivity contribution is 9.10. The van der Waals surface area contributed by atoms with Gasteiger partial charge in [-0.25, -0.2) is 9.79 Å². The first-order valence-electron chi connectivity index (χ1n) is 7.07. The first-order valence-corrected chi connectivity index (χ1v) is 7.86. The van der Waals surface area contributed by atoms with Crippen molar-refractivity contribution in [2.24, 2.45) is 4.99 Å². The van der Waals surface area contributed by atoms with Crippen LogP contribution in [-0.4, -0.2) is 11.9 Å². The van der Waals surface area contributed by atoms with Gasteiger partial charge in [0.15, 0.2) is 11.6 Å². The molecule has 0 atom stereocenters.